The Hall–Kier alpha value is -3.44. The van der Waals surface area contributed by atoms with Crippen LogP contribution < -0.4 is 19.5 Å². The number of nitrogens with one attached hydrogen (secondary N) is 1. The molecular formula is C25H24ClNO4. The van der Waals surface area contributed by atoms with Gasteiger partial charge < -0.3 is 19.5 Å². The summed E-state index contributed by atoms with van der Waals surface area (Å²) >= 11 is 5.91. The van der Waals surface area contributed by atoms with Gasteiger partial charge in [0, 0.05) is 11.1 Å². The van der Waals surface area contributed by atoms with Gasteiger partial charge in [-0.15, -0.1) is 0 Å². The normalized spacial score (nSPS) is 10.7. The van der Waals surface area contributed by atoms with Crippen molar-refractivity contribution in [2.45, 2.75) is 13.5 Å². The van der Waals surface area contributed by atoms with Gasteiger partial charge in [0.15, 0.2) is 11.5 Å². The van der Waals surface area contributed by atoms with Gasteiger partial charge in [-0.1, -0.05) is 41.9 Å². The molecule has 0 aliphatic carbocycles. The molecule has 3 rings (SSSR count). The summed E-state index contributed by atoms with van der Waals surface area (Å²) in [6.07, 6.45) is 3.18. The van der Waals surface area contributed by atoms with Crippen LogP contribution in [0.15, 0.2) is 72.8 Å². The molecular weight excluding hydrogens is 414 g/mol. The van der Waals surface area contributed by atoms with E-state index in [0.717, 1.165) is 11.1 Å². The fourth-order valence-electron chi connectivity index (χ4n) is 2.85. The molecule has 0 bridgehead atoms. The largest absolute Gasteiger partial charge is 0.493 e. The van der Waals surface area contributed by atoms with Gasteiger partial charge in [-0.05, 0) is 60.5 Å². The first-order valence-corrected chi connectivity index (χ1v) is 10.2. The van der Waals surface area contributed by atoms with Crippen molar-refractivity contribution in [2.75, 3.05) is 19.0 Å². The molecule has 0 aliphatic rings. The van der Waals surface area contributed by atoms with Crippen LogP contribution in [0, 0.1) is 0 Å². The highest BCUT2D eigenvalue weighted by molar-refractivity contribution is 6.30. The van der Waals surface area contributed by atoms with Crippen LogP contribution in [0.25, 0.3) is 6.08 Å². The van der Waals surface area contributed by atoms with E-state index in [0.29, 0.717) is 41.2 Å². The molecule has 3 aromatic rings. The monoisotopic (exact) mass is 437 g/mol. The number of amides is 1. The van der Waals surface area contributed by atoms with Crippen LogP contribution in [0.1, 0.15) is 18.1 Å². The van der Waals surface area contributed by atoms with E-state index < -0.39 is 0 Å². The van der Waals surface area contributed by atoms with Crippen molar-refractivity contribution in [1.82, 2.24) is 0 Å². The van der Waals surface area contributed by atoms with E-state index in [2.05, 4.69) is 5.32 Å². The number of para-hydroxylation sites is 2. The minimum absolute atomic E-state index is 0.255. The second-order valence-corrected chi connectivity index (χ2v) is 7.01. The molecule has 0 spiro atoms. The second kappa shape index (κ2) is 11.1. The lowest BCUT2D eigenvalue weighted by Gasteiger charge is -2.12. The number of hydrogen-bond donors (Lipinski definition) is 1. The van der Waals surface area contributed by atoms with Crippen LogP contribution in [0.5, 0.6) is 17.2 Å². The first-order chi connectivity index (χ1) is 15.1. The molecule has 0 saturated carbocycles. The minimum atomic E-state index is -0.255. The van der Waals surface area contributed by atoms with E-state index in [1.54, 1.807) is 19.3 Å². The zero-order valence-electron chi connectivity index (χ0n) is 17.4. The van der Waals surface area contributed by atoms with Crippen molar-refractivity contribution in [1.29, 1.82) is 0 Å². The number of benzene rings is 3. The Morgan fingerprint density at radius 1 is 0.968 bits per heavy atom. The number of carbonyl (C=O) groups is 1. The lowest BCUT2D eigenvalue weighted by Crippen LogP contribution is -2.09. The Labute approximate surface area is 187 Å². The number of methoxy groups -OCH3 is 1. The summed E-state index contributed by atoms with van der Waals surface area (Å²) in [7, 11) is 1.58. The van der Waals surface area contributed by atoms with E-state index in [1.807, 2.05) is 67.6 Å². The summed E-state index contributed by atoms with van der Waals surface area (Å²) in [4.78, 5) is 12.3. The van der Waals surface area contributed by atoms with Gasteiger partial charge in [0.1, 0.15) is 12.4 Å². The number of ether oxygens (including phenoxy) is 3. The summed E-state index contributed by atoms with van der Waals surface area (Å²) in [5.74, 6) is 1.58. The van der Waals surface area contributed by atoms with Crippen LogP contribution in [0.2, 0.25) is 5.02 Å². The van der Waals surface area contributed by atoms with Crippen LogP contribution in [-0.2, 0) is 11.4 Å². The summed E-state index contributed by atoms with van der Waals surface area (Å²) in [6, 6.07) is 20.3. The van der Waals surface area contributed by atoms with Gasteiger partial charge in [-0.2, -0.15) is 0 Å². The molecule has 5 nitrogen and oxygen atoms in total. The lowest BCUT2D eigenvalue weighted by atomic mass is 10.2. The molecule has 3 aromatic carbocycles. The first-order valence-electron chi connectivity index (χ1n) is 9.85. The number of carbonyl (C=O) groups excluding carboxylic acids is 1. The molecule has 0 fully saturated rings. The molecule has 0 radical (unpaired) electrons. The standard InChI is InChI=1S/C25H24ClNO4/c1-3-30-22-7-5-4-6-21(22)27-25(28)15-11-18-10-14-23(24(16-18)29-2)31-17-19-8-12-20(26)13-9-19/h4-16H,3,17H2,1-2H3,(H,27,28)/b15-11+. The zero-order valence-corrected chi connectivity index (χ0v) is 18.2. The Bertz CT molecular complexity index is 1050. The van der Waals surface area contributed by atoms with E-state index in [-0.39, 0.29) is 5.91 Å². The molecule has 0 atom stereocenters. The molecule has 0 aromatic heterocycles. The maximum absolute atomic E-state index is 12.3. The third kappa shape index (κ3) is 6.52. The Kier molecular flexibility index (Phi) is 7.96. The third-order valence-electron chi connectivity index (χ3n) is 4.37. The predicted octanol–water partition coefficient (Wildman–Crippen LogP) is 5.98. The third-order valence-corrected chi connectivity index (χ3v) is 4.62. The average molecular weight is 438 g/mol. The summed E-state index contributed by atoms with van der Waals surface area (Å²) in [5, 5.41) is 3.52. The second-order valence-electron chi connectivity index (χ2n) is 6.58. The van der Waals surface area contributed by atoms with Gasteiger partial charge in [-0.25, -0.2) is 0 Å². The van der Waals surface area contributed by atoms with E-state index in [4.69, 9.17) is 25.8 Å². The number of anilines is 1. The quantitative estimate of drug-likeness (QED) is 0.418. The zero-order chi connectivity index (χ0) is 22.1. The summed E-state index contributed by atoms with van der Waals surface area (Å²) < 4.78 is 16.8. The number of hydrogen-bond acceptors (Lipinski definition) is 4. The van der Waals surface area contributed by atoms with E-state index in [9.17, 15) is 4.79 Å². The molecule has 1 amide bonds. The Morgan fingerprint density at radius 3 is 2.48 bits per heavy atom. The molecule has 0 saturated heterocycles. The van der Waals surface area contributed by atoms with Crippen LogP contribution in [-0.4, -0.2) is 19.6 Å². The van der Waals surface area contributed by atoms with Gasteiger partial charge in [0.25, 0.3) is 0 Å². The van der Waals surface area contributed by atoms with Crippen molar-refractivity contribution in [2.24, 2.45) is 0 Å². The summed E-state index contributed by atoms with van der Waals surface area (Å²) in [5.41, 5.74) is 2.44. The van der Waals surface area contributed by atoms with Crippen LogP contribution in [0.4, 0.5) is 5.69 Å². The van der Waals surface area contributed by atoms with E-state index in [1.165, 1.54) is 6.08 Å². The van der Waals surface area contributed by atoms with Gasteiger partial charge in [0.2, 0.25) is 5.91 Å². The lowest BCUT2D eigenvalue weighted by molar-refractivity contribution is -0.111. The Morgan fingerprint density at radius 2 is 1.74 bits per heavy atom. The predicted molar refractivity (Wildman–Crippen MR) is 124 cm³/mol. The first kappa shape index (κ1) is 22.2. The van der Waals surface area contributed by atoms with Crippen molar-refractivity contribution in [3.63, 3.8) is 0 Å². The number of halogens is 1. The van der Waals surface area contributed by atoms with Gasteiger partial charge >= 0.3 is 0 Å². The summed E-state index contributed by atoms with van der Waals surface area (Å²) in [6.45, 7) is 2.81. The van der Waals surface area contributed by atoms with Crippen LogP contribution >= 0.6 is 11.6 Å². The van der Waals surface area contributed by atoms with Crippen molar-refractivity contribution in [3.8, 4) is 17.2 Å². The van der Waals surface area contributed by atoms with Gasteiger partial charge in [-0.3, -0.25) is 4.79 Å². The maximum Gasteiger partial charge on any atom is 0.248 e. The molecule has 160 valence electrons. The molecule has 31 heavy (non-hydrogen) atoms. The fourth-order valence-corrected chi connectivity index (χ4v) is 2.97. The fraction of sp³-hybridized carbons (Fsp3) is 0.160. The molecule has 1 N–H and O–H groups in total. The molecule has 6 heteroatoms. The SMILES string of the molecule is CCOc1ccccc1NC(=O)/C=C/c1ccc(OCc2ccc(Cl)cc2)c(OC)c1. The Balaban J connectivity index is 1.64. The highest BCUT2D eigenvalue weighted by atomic mass is 35.5. The maximum atomic E-state index is 12.3. The van der Waals surface area contributed by atoms with Gasteiger partial charge in [0.05, 0.1) is 19.4 Å². The highest BCUT2D eigenvalue weighted by Gasteiger charge is 2.07. The topological polar surface area (TPSA) is 56.8 Å². The van der Waals surface area contributed by atoms with E-state index >= 15 is 0 Å². The molecule has 0 unspecified atom stereocenters. The highest BCUT2D eigenvalue weighted by Crippen LogP contribution is 2.29. The van der Waals surface area contributed by atoms with Crippen molar-refractivity contribution >= 4 is 29.3 Å². The smallest absolute Gasteiger partial charge is 0.248 e. The van der Waals surface area contributed by atoms with Crippen molar-refractivity contribution < 1.29 is 19.0 Å². The minimum Gasteiger partial charge on any atom is -0.493 e. The van der Waals surface area contributed by atoms with Crippen LogP contribution in [0.3, 0.4) is 0 Å². The molecule has 0 aliphatic heterocycles. The average Bonchev–Trinajstić information content (AvgIpc) is 2.79. The number of rotatable bonds is 9. The van der Waals surface area contributed by atoms with Crippen molar-refractivity contribution in [3.05, 3.63) is 89.0 Å². The molecule has 0 heterocycles.